The molecule has 0 spiro atoms. The SMILES string of the molecule is C[C@H](/C=C/C=O)[C@H]1CC[C@H]2/C(=C/Br)CCCC12C. The summed E-state index contributed by atoms with van der Waals surface area (Å²) in [5.41, 5.74) is 2.04. The van der Waals surface area contributed by atoms with Gasteiger partial charge in [-0.25, -0.2) is 0 Å². The Bertz CT molecular complexity index is 371. The average Bonchev–Trinajstić information content (AvgIpc) is 2.72. The smallest absolute Gasteiger partial charge is 0.142 e. The van der Waals surface area contributed by atoms with Gasteiger partial charge in [-0.15, -0.1) is 0 Å². The molecule has 0 saturated heterocycles. The van der Waals surface area contributed by atoms with Crippen LogP contribution in [0.2, 0.25) is 0 Å². The first-order valence-electron chi connectivity index (χ1n) is 7.04. The number of hydrogen-bond acceptors (Lipinski definition) is 1. The predicted octanol–water partition coefficient (Wildman–Crippen LogP) is 4.87. The molecule has 18 heavy (non-hydrogen) atoms. The van der Waals surface area contributed by atoms with E-state index in [4.69, 9.17) is 0 Å². The quantitative estimate of drug-likeness (QED) is 0.536. The Morgan fingerprint density at radius 2 is 2.22 bits per heavy atom. The van der Waals surface area contributed by atoms with E-state index in [1.54, 1.807) is 11.6 Å². The summed E-state index contributed by atoms with van der Waals surface area (Å²) < 4.78 is 0. The van der Waals surface area contributed by atoms with Crippen LogP contribution in [0.15, 0.2) is 22.7 Å². The highest BCUT2D eigenvalue weighted by Gasteiger charge is 2.50. The average molecular weight is 311 g/mol. The van der Waals surface area contributed by atoms with Crippen LogP contribution in [0.5, 0.6) is 0 Å². The maximum absolute atomic E-state index is 10.5. The molecule has 2 saturated carbocycles. The maximum Gasteiger partial charge on any atom is 0.142 e. The van der Waals surface area contributed by atoms with E-state index in [9.17, 15) is 4.79 Å². The zero-order valence-corrected chi connectivity index (χ0v) is 12.9. The van der Waals surface area contributed by atoms with Crippen molar-refractivity contribution in [2.45, 2.75) is 46.0 Å². The van der Waals surface area contributed by atoms with Crippen LogP contribution < -0.4 is 0 Å². The summed E-state index contributed by atoms with van der Waals surface area (Å²) in [6, 6.07) is 0. The van der Waals surface area contributed by atoms with E-state index in [1.807, 2.05) is 0 Å². The van der Waals surface area contributed by atoms with Crippen LogP contribution in [0.25, 0.3) is 0 Å². The highest BCUT2D eigenvalue weighted by molar-refractivity contribution is 9.11. The highest BCUT2D eigenvalue weighted by Crippen LogP contribution is 2.59. The van der Waals surface area contributed by atoms with Crippen molar-refractivity contribution in [3.8, 4) is 0 Å². The van der Waals surface area contributed by atoms with Crippen LogP contribution in [0.4, 0.5) is 0 Å². The van der Waals surface area contributed by atoms with E-state index < -0.39 is 0 Å². The first kappa shape index (κ1) is 14.0. The van der Waals surface area contributed by atoms with Gasteiger partial charge < -0.3 is 0 Å². The Morgan fingerprint density at radius 3 is 2.89 bits per heavy atom. The van der Waals surface area contributed by atoms with Gasteiger partial charge >= 0.3 is 0 Å². The minimum absolute atomic E-state index is 0.435. The molecule has 2 rings (SSSR count). The zero-order chi connectivity index (χ0) is 13.2. The summed E-state index contributed by atoms with van der Waals surface area (Å²) in [6.45, 7) is 4.74. The monoisotopic (exact) mass is 310 g/mol. The van der Waals surface area contributed by atoms with Crippen LogP contribution in [0.1, 0.15) is 46.0 Å². The van der Waals surface area contributed by atoms with Crippen LogP contribution in [0.3, 0.4) is 0 Å². The first-order valence-corrected chi connectivity index (χ1v) is 7.96. The van der Waals surface area contributed by atoms with Gasteiger partial charge in [0.05, 0.1) is 0 Å². The fourth-order valence-corrected chi connectivity index (χ4v) is 4.98. The number of rotatable bonds is 3. The van der Waals surface area contributed by atoms with E-state index in [0.717, 1.165) is 18.1 Å². The molecule has 2 heteroatoms. The van der Waals surface area contributed by atoms with Crippen molar-refractivity contribution in [1.82, 2.24) is 0 Å². The standard InChI is InChI=1S/C16H23BrO/c1-12(5-4-10-18)14-7-8-15-13(11-17)6-3-9-16(14,15)2/h4-5,10-12,14-15H,3,6-9H2,1-2H3/b5-4+,13-11+/t12-,14-,15+,16?/m1/s1. The normalized spacial score (nSPS) is 40.1. The summed E-state index contributed by atoms with van der Waals surface area (Å²) >= 11 is 3.55. The van der Waals surface area contributed by atoms with E-state index >= 15 is 0 Å². The van der Waals surface area contributed by atoms with Crippen LogP contribution in [-0.2, 0) is 4.79 Å². The topological polar surface area (TPSA) is 17.1 Å². The fourth-order valence-electron chi connectivity index (χ4n) is 4.43. The number of fused-ring (bicyclic) bond motifs is 1. The van der Waals surface area contributed by atoms with Crippen molar-refractivity contribution in [3.05, 3.63) is 22.7 Å². The molecule has 4 atom stereocenters. The summed E-state index contributed by atoms with van der Waals surface area (Å²) in [5, 5.41) is 0. The fraction of sp³-hybridized carbons (Fsp3) is 0.688. The molecule has 0 heterocycles. The largest absolute Gasteiger partial charge is 0.299 e. The van der Waals surface area contributed by atoms with E-state index in [-0.39, 0.29) is 0 Å². The molecule has 0 radical (unpaired) electrons. The third kappa shape index (κ3) is 2.36. The summed E-state index contributed by atoms with van der Waals surface area (Å²) in [6.07, 6.45) is 11.2. The number of carbonyl (C=O) groups excluding carboxylic acids is 1. The molecule has 0 aromatic heterocycles. The van der Waals surface area contributed by atoms with Crippen molar-refractivity contribution in [2.75, 3.05) is 0 Å². The van der Waals surface area contributed by atoms with Gasteiger partial charge in [0.25, 0.3) is 0 Å². The molecule has 2 fully saturated rings. The number of carbonyl (C=O) groups is 1. The van der Waals surface area contributed by atoms with Crippen LogP contribution >= 0.6 is 15.9 Å². The molecule has 0 aliphatic heterocycles. The first-order chi connectivity index (χ1) is 8.63. The molecule has 100 valence electrons. The third-order valence-electron chi connectivity index (χ3n) is 5.31. The molecule has 0 aromatic rings. The summed E-state index contributed by atoms with van der Waals surface area (Å²) in [4.78, 5) is 12.7. The van der Waals surface area contributed by atoms with Gasteiger partial charge in [-0.2, -0.15) is 0 Å². The van der Waals surface area contributed by atoms with Crippen molar-refractivity contribution in [1.29, 1.82) is 0 Å². The van der Waals surface area contributed by atoms with Crippen LogP contribution in [0, 0.1) is 23.2 Å². The second-order valence-electron chi connectivity index (χ2n) is 6.16. The Morgan fingerprint density at radius 1 is 1.44 bits per heavy atom. The minimum atomic E-state index is 0.435. The van der Waals surface area contributed by atoms with Gasteiger partial charge in [0, 0.05) is 0 Å². The zero-order valence-electron chi connectivity index (χ0n) is 11.4. The second kappa shape index (κ2) is 5.73. The molecule has 1 unspecified atom stereocenters. The Hall–Kier alpha value is -0.370. The number of hydrogen-bond donors (Lipinski definition) is 0. The van der Waals surface area contributed by atoms with E-state index in [0.29, 0.717) is 11.3 Å². The number of halogens is 1. The Labute approximate surface area is 119 Å². The third-order valence-corrected chi connectivity index (χ3v) is 5.89. The molecule has 0 bridgehead atoms. The molecule has 1 nitrogen and oxygen atoms in total. The molecule has 2 aliphatic carbocycles. The van der Waals surface area contributed by atoms with Crippen molar-refractivity contribution >= 4 is 22.2 Å². The molecule has 0 amide bonds. The maximum atomic E-state index is 10.5. The molecular weight excluding hydrogens is 288 g/mol. The number of allylic oxidation sites excluding steroid dienone is 3. The molecule has 2 aliphatic rings. The lowest BCUT2D eigenvalue weighted by atomic mass is 9.61. The van der Waals surface area contributed by atoms with Crippen molar-refractivity contribution in [2.24, 2.45) is 23.2 Å². The lowest BCUT2D eigenvalue weighted by Crippen LogP contribution is -2.35. The Kier molecular flexibility index (Phi) is 4.47. The van der Waals surface area contributed by atoms with Gasteiger partial charge in [-0.3, -0.25) is 4.79 Å². The van der Waals surface area contributed by atoms with Gasteiger partial charge in [0.2, 0.25) is 0 Å². The van der Waals surface area contributed by atoms with Crippen LogP contribution in [-0.4, -0.2) is 6.29 Å². The second-order valence-corrected chi connectivity index (χ2v) is 6.62. The predicted molar refractivity (Wildman–Crippen MR) is 79.6 cm³/mol. The number of aldehydes is 1. The van der Waals surface area contributed by atoms with Gasteiger partial charge in [0.15, 0.2) is 0 Å². The molecule has 0 N–H and O–H groups in total. The van der Waals surface area contributed by atoms with Gasteiger partial charge in [-0.05, 0) is 66.3 Å². The van der Waals surface area contributed by atoms with E-state index in [1.165, 1.54) is 32.1 Å². The van der Waals surface area contributed by atoms with Crippen molar-refractivity contribution in [3.63, 3.8) is 0 Å². The van der Waals surface area contributed by atoms with Gasteiger partial charge in [0.1, 0.15) is 6.29 Å². The lowest BCUT2D eigenvalue weighted by molar-refractivity contribution is -0.104. The summed E-state index contributed by atoms with van der Waals surface area (Å²) in [5.74, 6) is 1.99. The Balaban J connectivity index is 2.20. The molecular formula is C16H23BrO. The lowest BCUT2D eigenvalue weighted by Gasteiger charge is -2.43. The summed E-state index contributed by atoms with van der Waals surface area (Å²) in [7, 11) is 0. The highest BCUT2D eigenvalue weighted by atomic mass is 79.9. The van der Waals surface area contributed by atoms with Crippen molar-refractivity contribution < 1.29 is 4.79 Å². The minimum Gasteiger partial charge on any atom is -0.299 e. The molecule has 0 aromatic carbocycles. The van der Waals surface area contributed by atoms with Gasteiger partial charge in [-0.1, -0.05) is 41.4 Å². The van der Waals surface area contributed by atoms with E-state index in [2.05, 4.69) is 40.8 Å².